The van der Waals surface area contributed by atoms with Crippen molar-refractivity contribution < 1.29 is 19.0 Å². The quantitative estimate of drug-likeness (QED) is 0.158. The number of benzene rings is 2. The molecule has 1 aromatic heterocycles. The van der Waals surface area contributed by atoms with Crippen molar-refractivity contribution in [3.8, 4) is 11.5 Å². The molecule has 1 amide bonds. The molecule has 3 saturated heterocycles. The van der Waals surface area contributed by atoms with Gasteiger partial charge in [-0.3, -0.25) is 4.90 Å². The summed E-state index contributed by atoms with van der Waals surface area (Å²) >= 11 is 6.11. The van der Waals surface area contributed by atoms with Gasteiger partial charge in [-0.25, -0.2) is 9.78 Å². The first-order valence-corrected chi connectivity index (χ1v) is 19.0. The highest BCUT2D eigenvalue weighted by Gasteiger charge is 2.28. The van der Waals surface area contributed by atoms with Crippen LogP contribution in [0.2, 0.25) is 5.02 Å². The van der Waals surface area contributed by atoms with Crippen LogP contribution in [0, 0.1) is 5.92 Å². The lowest BCUT2D eigenvalue weighted by Gasteiger charge is -2.33. The number of aromatic nitrogens is 2. The van der Waals surface area contributed by atoms with E-state index >= 15 is 0 Å². The van der Waals surface area contributed by atoms with Gasteiger partial charge >= 0.3 is 6.09 Å². The number of amides is 1. The lowest BCUT2D eigenvalue weighted by Crippen LogP contribution is -2.41. The maximum absolute atomic E-state index is 12.5. The Morgan fingerprint density at radius 3 is 2.43 bits per heavy atom. The van der Waals surface area contributed by atoms with Gasteiger partial charge in [-0.2, -0.15) is 0 Å². The van der Waals surface area contributed by atoms with Crippen molar-refractivity contribution >= 4 is 28.7 Å². The van der Waals surface area contributed by atoms with Gasteiger partial charge in [0.15, 0.2) is 0 Å². The zero-order chi connectivity index (χ0) is 34.2. The number of ether oxygens (including phenoxy) is 3. The van der Waals surface area contributed by atoms with E-state index in [1.165, 1.54) is 51.9 Å². The Hall–Kier alpha value is -3.01. The molecule has 3 aliphatic rings. The van der Waals surface area contributed by atoms with Crippen LogP contribution in [0.3, 0.4) is 0 Å². The van der Waals surface area contributed by atoms with E-state index in [1.807, 2.05) is 56.0 Å². The second-order valence-electron chi connectivity index (χ2n) is 15.1. The number of para-hydroxylation sites is 1. The van der Waals surface area contributed by atoms with Crippen LogP contribution in [0.4, 0.5) is 4.79 Å². The molecule has 0 saturated carbocycles. The van der Waals surface area contributed by atoms with Gasteiger partial charge in [0.25, 0.3) is 0 Å². The minimum absolute atomic E-state index is 0.197. The van der Waals surface area contributed by atoms with Crippen molar-refractivity contribution in [3.05, 3.63) is 53.3 Å². The Kier molecular flexibility index (Phi) is 12.3. The van der Waals surface area contributed by atoms with Crippen molar-refractivity contribution in [2.24, 2.45) is 5.92 Å². The Labute approximate surface area is 297 Å². The summed E-state index contributed by atoms with van der Waals surface area (Å²) in [5.74, 6) is 3.09. The van der Waals surface area contributed by atoms with Crippen LogP contribution in [-0.2, 0) is 17.9 Å². The maximum atomic E-state index is 12.5. The van der Waals surface area contributed by atoms with Gasteiger partial charge in [-0.1, -0.05) is 17.7 Å². The Morgan fingerprint density at radius 2 is 1.67 bits per heavy atom. The molecular formula is C39H56ClN5O4. The number of hydrogen-bond acceptors (Lipinski definition) is 7. The molecule has 1 unspecified atom stereocenters. The van der Waals surface area contributed by atoms with Gasteiger partial charge < -0.3 is 28.6 Å². The molecular weight excluding hydrogens is 638 g/mol. The predicted octanol–water partition coefficient (Wildman–Crippen LogP) is 8.03. The fourth-order valence-corrected chi connectivity index (χ4v) is 7.83. The molecule has 3 fully saturated rings. The Morgan fingerprint density at radius 1 is 0.898 bits per heavy atom. The molecule has 268 valence electrons. The fraction of sp³-hybridized carbons (Fsp3) is 0.641. The number of rotatable bonds is 14. The van der Waals surface area contributed by atoms with E-state index in [4.69, 9.17) is 30.8 Å². The third kappa shape index (κ3) is 10.0. The smallest absolute Gasteiger partial charge is 0.410 e. The number of carbonyl (C=O) groups is 1. The summed E-state index contributed by atoms with van der Waals surface area (Å²) < 4.78 is 20.5. The third-order valence-corrected chi connectivity index (χ3v) is 10.5. The molecule has 0 bridgehead atoms. The van der Waals surface area contributed by atoms with Crippen LogP contribution in [0.5, 0.6) is 11.5 Å². The summed E-state index contributed by atoms with van der Waals surface area (Å²) in [5.41, 5.74) is 1.51. The van der Waals surface area contributed by atoms with Crippen molar-refractivity contribution in [3.63, 3.8) is 0 Å². The van der Waals surface area contributed by atoms with Crippen molar-refractivity contribution in [1.82, 2.24) is 24.3 Å². The van der Waals surface area contributed by atoms with Gasteiger partial charge in [-0.05, 0) is 141 Å². The van der Waals surface area contributed by atoms with Crippen molar-refractivity contribution in [1.29, 1.82) is 0 Å². The second-order valence-corrected chi connectivity index (χ2v) is 15.6. The first-order chi connectivity index (χ1) is 23.7. The molecule has 0 spiro atoms. The lowest BCUT2D eigenvalue weighted by molar-refractivity contribution is 0.0180. The summed E-state index contributed by atoms with van der Waals surface area (Å²) in [5, 5.41) is 0.685. The Balaban J connectivity index is 1.06. The monoisotopic (exact) mass is 693 g/mol. The molecule has 0 radical (unpaired) electrons. The molecule has 4 heterocycles. The molecule has 3 aromatic rings. The molecule has 49 heavy (non-hydrogen) atoms. The summed E-state index contributed by atoms with van der Waals surface area (Å²) in [6.07, 6.45) is 10.3. The highest BCUT2D eigenvalue weighted by Crippen LogP contribution is 2.30. The molecule has 10 heteroatoms. The number of aryl methyl sites for hydroxylation is 1. The van der Waals surface area contributed by atoms with Gasteiger partial charge in [0.1, 0.15) is 35.0 Å². The SMILES string of the molecule is CC(C)(C)OC(=O)N1CCC(CCCn2c(COc3ccc(Cl)cc3)nc3c(OCCCN4CCCC4CN4CCCC4)cccc32)CC1. The number of imidazole rings is 1. The van der Waals surface area contributed by atoms with E-state index in [0.717, 1.165) is 86.6 Å². The van der Waals surface area contributed by atoms with E-state index in [-0.39, 0.29) is 6.09 Å². The third-order valence-electron chi connectivity index (χ3n) is 10.3. The Bertz CT molecular complexity index is 1490. The van der Waals surface area contributed by atoms with Gasteiger partial charge in [0.05, 0.1) is 12.1 Å². The number of piperidine rings is 1. The molecule has 2 aromatic carbocycles. The fourth-order valence-electron chi connectivity index (χ4n) is 7.70. The minimum Gasteiger partial charge on any atom is -0.491 e. The topological polar surface area (TPSA) is 72.3 Å². The maximum Gasteiger partial charge on any atom is 0.410 e. The summed E-state index contributed by atoms with van der Waals surface area (Å²) in [6, 6.07) is 14.4. The number of fused-ring (bicyclic) bond motifs is 1. The van der Waals surface area contributed by atoms with Gasteiger partial charge in [0, 0.05) is 43.8 Å². The van der Waals surface area contributed by atoms with Crippen molar-refractivity contribution in [2.75, 3.05) is 52.4 Å². The second kappa shape index (κ2) is 16.8. The van der Waals surface area contributed by atoms with Gasteiger partial charge in [-0.15, -0.1) is 0 Å². The largest absolute Gasteiger partial charge is 0.491 e. The predicted molar refractivity (Wildman–Crippen MR) is 196 cm³/mol. The molecule has 9 nitrogen and oxygen atoms in total. The summed E-state index contributed by atoms with van der Waals surface area (Å²) in [4.78, 5) is 24.8. The summed E-state index contributed by atoms with van der Waals surface area (Å²) in [7, 11) is 0. The number of likely N-dealkylation sites (tertiary alicyclic amines) is 3. The van der Waals surface area contributed by atoms with Crippen molar-refractivity contribution in [2.45, 2.75) is 103 Å². The van der Waals surface area contributed by atoms with Crippen LogP contribution in [0.25, 0.3) is 11.0 Å². The first kappa shape index (κ1) is 35.8. The average molecular weight is 694 g/mol. The number of halogens is 1. The van der Waals surface area contributed by atoms with Crippen LogP contribution in [-0.4, -0.2) is 94.4 Å². The standard InChI is InChI=1S/C39H56ClN5O4/c1-39(2,3)49-38(46)44-25-18-30(19-26-44)10-7-24-45-34-12-6-13-35(37(34)41-36(45)29-48-33-16-14-31(40)15-17-33)47-27-9-23-43-22-8-11-32(43)28-42-20-4-5-21-42/h6,12-17,30,32H,4-5,7-11,18-29H2,1-3H3. The highest BCUT2D eigenvalue weighted by molar-refractivity contribution is 6.30. The highest BCUT2D eigenvalue weighted by atomic mass is 35.5. The molecule has 0 aliphatic carbocycles. The van der Waals surface area contributed by atoms with E-state index in [1.54, 1.807) is 0 Å². The van der Waals surface area contributed by atoms with E-state index in [9.17, 15) is 4.79 Å². The molecule has 3 aliphatic heterocycles. The van der Waals surface area contributed by atoms with E-state index in [0.29, 0.717) is 30.2 Å². The summed E-state index contributed by atoms with van der Waals surface area (Å²) in [6.45, 7) is 15.2. The van der Waals surface area contributed by atoms with E-state index in [2.05, 4.69) is 26.5 Å². The normalized spacial score (nSPS) is 19.6. The zero-order valence-electron chi connectivity index (χ0n) is 29.9. The zero-order valence-corrected chi connectivity index (χ0v) is 30.6. The van der Waals surface area contributed by atoms with Crippen LogP contribution in [0.1, 0.15) is 84.4 Å². The molecule has 1 atom stereocenters. The van der Waals surface area contributed by atoms with E-state index < -0.39 is 5.60 Å². The number of nitrogens with zero attached hydrogens (tertiary/aromatic N) is 5. The number of carbonyl (C=O) groups excluding carboxylic acids is 1. The minimum atomic E-state index is -0.467. The first-order valence-electron chi connectivity index (χ1n) is 18.7. The van der Waals surface area contributed by atoms with Crippen LogP contribution in [0.15, 0.2) is 42.5 Å². The average Bonchev–Trinajstić information content (AvgIpc) is 3.84. The molecule has 6 rings (SSSR count). The molecule has 0 N–H and O–H groups in total. The van der Waals surface area contributed by atoms with Crippen LogP contribution >= 0.6 is 11.6 Å². The number of hydrogen-bond donors (Lipinski definition) is 0. The van der Waals surface area contributed by atoms with Gasteiger partial charge in [0.2, 0.25) is 0 Å². The van der Waals surface area contributed by atoms with Crippen LogP contribution < -0.4 is 9.47 Å². The lowest BCUT2D eigenvalue weighted by atomic mass is 9.92.